The molecule has 3 heterocycles. The molecule has 3 aliphatic rings. The molecule has 4 heteroatoms. The van der Waals surface area contributed by atoms with Gasteiger partial charge < -0.3 is 10.3 Å². The molecule has 27 heavy (non-hydrogen) atoms. The van der Waals surface area contributed by atoms with Crippen molar-refractivity contribution in [2.45, 2.75) is 43.4 Å². The smallest absolute Gasteiger partial charge is 0.164 e. The summed E-state index contributed by atoms with van der Waals surface area (Å²) in [5.41, 5.74) is 6.81. The zero-order valence-electron chi connectivity index (χ0n) is 15.3. The second-order valence-electron chi connectivity index (χ2n) is 8.50. The highest BCUT2D eigenvalue weighted by Gasteiger charge is 2.43. The Kier molecular flexibility index (Phi) is 3.19. The quantitative estimate of drug-likeness (QED) is 0.718. The van der Waals surface area contributed by atoms with Crippen LogP contribution in [0.2, 0.25) is 0 Å². The number of H-pyrrole nitrogens is 1. The third-order valence-corrected chi connectivity index (χ3v) is 6.82. The van der Waals surface area contributed by atoms with Crippen LogP contribution in [0.4, 0.5) is 0 Å². The highest BCUT2D eigenvalue weighted by Crippen LogP contribution is 2.47. The van der Waals surface area contributed by atoms with Gasteiger partial charge >= 0.3 is 0 Å². The Morgan fingerprint density at radius 2 is 1.89 bits per heavy atom. The number of hydrogen-bond donors (Lipinski definition) is 2. The first kappa shape index (κ1) is 15.6. The molecule has 0 radical (unpaired) electrons. The minimum atomic E-state index is 0.0389. The largest absolute Gasteiger partial charge is 0.346 e. The third-order valence-electron chi connectivity index (χ3n) is 6.82. The normalized spacial score (nSPS) is 21.1. The number of aromatic nitrogens is 2. The minimum absolute atomic E-state index is 0.0389. The summed E-state index contributed by atoms with van der Waals surface area (Å²) in [4.78, 5) is 20.8. The van der Waals surface area contributed by atoms with E-state index in [9.17, 15) is 4.79 Å². The van der Waals surface area contributed by atoms with Gasteiger partial charge in [0.1, 0.15) is 5.65 Å². The maximum atomic E-state index is 12.6. The van der Waals surface area contributed by atoms with Crippen LogP contribution in [0.5, 0.6) is 0 Å². The molecule has 2 fully saturated rings. The topological polar surface area (TPSA) is 57.8 Å². The molecule has 136 valence electrons. The molecule has 6 rings (SSSR count). The van der Waals surface area contributed by atoms with Gasteiger partial charge in [0.2, 0.25) is 0 Å². The lowest BCUT2D eigenvalue weighted by Crippen LogP contribution is -2.38. The van der Waals surface area contributed by atoms with Gasteiger partial charge in [-0.05, 0) is 68.1 Å². The summed E-state index contributed by atoms with van der Waals surface area (Å²) in [6.07, 6.45) is 7.38. The van der Waals surface area contributed by atoms with E-state index in [4.69, 9.17) is 4.98 Å². The lowest BCUT2D eigenvalue weighted by Gasteiger charge is -2.34. The van der Waals surface area contributed by atoms with Crippen LogP contribution in [0.25, 0.3) is 22.2 Å². The Morgan fingerprint density at radius 1 is 1.04 bits per heavy atom. The summed E-state index contributed by atoms with van der Waals surface area (Å²) in [7, 11) is 0. The van der Waals surface area contributed by atoms with Gasteiger partial charge in [-0.25, -0.2) is 4.98 Å². The van der Waals surface area contributed by atoms with Gasteiger partial charge in [0, 0.05) is 46.2 Å². The van der Waals surface area contributed by atoms with Gasteiger partial charge in [-0.3, -0.25) is 4.79 Å². The van der Waals surface area contributed by atoms with Gasteiger partial charge in [0.15, 0.2) is 5.78 Å². The molecule has 3 aromatic rings. The number of nitrogens with zero attached hydrogens (tertiary/aromatic N) is 1. The number of ketones is 1. The van der Waals surface area contributed by atoms with Crippen molar-refractivity contribution in [3.63, 3.8) is 0 Å². The Balaban J connectivity index is 1.46. The van der Waals surface area contributed by atoms with E-state index in [-0.39, 0.29) is 5.41 Å². The summed E-state index contributed by atoms with van der Waals surface area (Å²) < 4.78 is 0. The average molecular weight is 357 g/mol. The molecule has 2 aliphatic carbocycles. The molecule has 0 bridgehead atoms. The van der Waals surface area contributed by atoms with Gasteiger partial charge in [-0.15, -0.1) is 0 Å². The number of pyridine rings is 1. The van der Waals surface area contributed by atoms with E-state index >= 15 is 0 Å². The van der Waals surface area contributed by atoms with Crippen LogP contribution in [0.3, 0.4) is 0 Å². The van der Waals surface area contributed by atoms with Crippen molar-refractivity contribution in [1.29, 1.82) is 0 Å². The number of aromatic amines is 1. The van der Waals surface area contributed by atoms with E-state index in [1.807, 2.05) is 0 Å². The van der Waals surface area contributed by atoms with E-state index < -0.39 is 0 Å². The van der Waals surface area contributed by atoms with Crippen LogP contribution < -0.4 is 5.32 Å². The van der Waals surface area contributed by atoms with E-state index in [1.54, 1.807) is 0 Å². The Labute approximate surface area is 158 Å². The molecule has 1 saturated heterocycles. The van der Waals surface area contributed by atoms with Crippen LogP contribution in [0.1, 0.15) is 59.6 Å². The number of hydrogen-bond acceptors (Lipinski definition) is 3. The molecular weight excluding hydrogens is 334 g/mol. The molecule has 1 spiro atoms. The first-order valence-corrected chi connectivity index (χ1v) is 10.1. The summed E-state index contributed by atoms with van der Waals surface area (Å²) in [6.45, 7) is 2.00. The molecule has 2 aromatic heterocycles. The molecule has 4 nitrogen and oxygen atoms in total. The van der Waals surface area contributed by atoms with Crippen LogP contribution in [-0.4, -0.2) is 28.8 Å². The van der Waals surface area contributed by atoms with E-state index in [2.05, 4.69) is 46.8 Å². The number of fused-ring (bicyclic) bond motifs is 3. The van der Waals surface area contributed by atoms with Crippen LogP contribution in [0, 0.1) is 0 Å². The van der Waals surface area contributed by atoms with Crippen molar-refractivity contribution in [3.05, 3.63) is 53.3 Å². The van der Waals surface area contributed by atoms with Gasteiger partial charge in [-0.2, -0.15) is 0 Å². The predicted octanol–water partition coefficient (Wildman–Crippen LogP) is 4.31. The number of benzene rings is 1. The second kappa shape index (κ2) is 5.52. The first-order chi connectivity index (χ1) is 13.2. The molecule has 0 unspecified atom stereocenters. The summed E-state index contributed by atoms with van der Waals surface area (Å²) in [5, 5.41) is 4.61. The molecule has 0 amide bonds. The fourth-order valence-corrected chi connectivity index (χ4v) is 5.11. The van der Waals surface area contributed by atoms with Crippen LogP contribution in [0.15, 0.2) is 36.5 Å². The van der Waals surface area contributed by atoms with Crippen molar-refractivity contribution in [3.8, 4) is 11.1 Å². The SMILES string of the molecule is O=C1CC2(CCNCC2)c2cc(-c3c[nH]c4nc(C5CC5)ccc34)ccc21. The third kappa shape index (κ3) is 2.32. The number of piperidine rings is 1. The Hall–Kier alpha value is -2.46. The maximum Gasteiger partial charge on any atom is 0.164 e. The number of nitrogens with one attached hydrogen (secondary N) is 2. The first-order valence-electron chi connectivity index (χ1n) is 10.1. The average Bonchev–Trinajstić information content (AvgIpc) is 3.42. The number of rotatable bonds is 2. The predicted molar refractivity (Wildman–Crippen MR) is 106 cm³/mol. The Morgan fingerprint density at radius 3 is 2.70 bits per heavy atom. The van der Waals surface area contributed by atoms with E-state index in [1.165, 1.54) is 40.6 Å². The molecule has 2 N–H and O–H groups in total. The maximum absolute atomic E-state index is 12.6. The number of carbonyl (C=O) groups excluding carboxylic acids is 1. The van der Waals surface area contributed by atoms with Crippen molar-refractivity contribution in [2.24, 2.45) is 0 Å². The monoisotopic (exact) mass is 357 g/mol. The van der Waals surface area contributed by atoms with Gasteiger partial charge in [-0.1, -0.05) is 12.1 Å². The van der Waals surface area contributed by atoms with Crippen molar-refractivity contribution in [1.82, 2.24) is 15.3 Å². The van der Waals surface area contributed by atoms with Crippen molar-refractivity contribution in [2.75, 3.05) is 13.1 Å². The van der Waals surface area contributed by atoms with E-state index in [0.29, 0.717) is 18.1 Å². The Bertz CT molecular complexity index is 1070. The van der Waals surface area contributed by atoms with Gasteiger partial charge in [0.25, 0.3) is 0 Å². The fourth-order valence-electron chi connectivity index (χ4n) is 5.11. The minimum Gasteiger partial charge on any atom is -0.346 e. The summed E-state index contributed by atoms with van der Waals surface area (Å²) >= 11 is 0. The van der Waals surface area contributed by atoms with Crippen molar-refractivity contribution < 1.29 is 4.79 Å². The summed E-state index contributed by atoms with van der Waals surface area (Å²) in [6, 6.07) is 10.8. The molecular formula is C23H23N3O. The van der Waals surface area contributed by atoms with Crippen molar-refractivity contribution >= 4 is 16.8 Å². The lowest BCUT2D eigenvalue weighted by molar-refractivity contribution is 0.0964. The number of Topliss-reactive ketones (excluding diaryl/α,β-unsaturated/α-hetero) is 1. The van der Waals surface area contributed by atoms with E-state index in [0.717, 1.165) is 37.1 Å². The highest BCUT2D eigenvalue weighted by atomic mass is 16.1. The zero-order valence-corrected chi connectivity index (χ0v) is 15.3. The standard InChI is InChI=1S/C23H23N3O/c27-21-12-23(7-9-24-10-8-23)19-11-15(3-4-17(19)21)18-13-25-22-16(18)5-6-20(26-22)14-1-2-14/h3-6,11,13-14,24H,1-2,7-10,12H2,(H,25,26). The molecule has 1 aliphatic heterocycles. The zero-order chi connectivity index (χ0) is 18.0. The fraction of sp³-hybridized carbons (Fsp3) is 0.391. The molecule has 0 atom stereocenters. The molecule has 1 saturated carbocycles. The van der Waals surface area contributed by atoms with Gasteiger partial charge in [0.05, 0.1) is 0 Å². The van der Waals surface area contributed by atoms with Crippen LogP contribution >= 0.6 is 0 Å². The van der Waals surface area contributed by atoms with Crippen LogP contribution in [-0.2, 0) is 5.41 Å². The number of carbonyl (C=O) groups is 1. The lowest BCUT2D eigenvalue weighted by atomic mass is 9.74. The second-order valence-corrected chi connectivity index (χ2v) is 8.50. The summed E-state index contributed by atoms with van der Waals surface area (Å²) in [5.74, 6) is 0.972. The molecule has 1 aromatic carbocycles. The highest BCUT2D eigenvalue weighted by molar-refractivity contribution is 6.03.